The average molecular weight is 777 g/mol. The van der Waals surface area contributed by atoms with Crippen LogP contribution in [-0.4, -0.2) is 9.13 Å². The molecule has 0 N–H and O–H groups in total. The van der Waals surface area contributed by atoms with E-state index in [-0.39, 0.29) is 0 Å². The van der Waals surface area contributed by atoms with E-state index in [4.69, 9.17) is 0 Å². The van der Waals surface area contributed by atoms with Crippen LogP contribution >= 0.6 is 21.4 Å². The quantitative estimate of drug-likeness (QED) is 0.159. The Bertz CT molecular complexity index is 3450. The molecule has 0 aliphatic carbocycles. The molecule has 0 radical (unpaired) electrons. The molecule has 4 heteroatoms. The van der Waals surface area contributed by atoms with Crippen LogP contribution in [0.5, 0.6) is 0 Å². The Morgan fingerprint density at radius 2 is 0.845 bits per heavy atom. The second kappa shape index (κ2) is 13.1. The molecule has 3 heterocycles. The van der Waals surface area contributed by atoms with Gasteiger partial charge in [-0.1, -0.05) is 127 Å². The van der Waals surface area contributed by atoms with Gasteiger partial charge >= 0.3 is 0 Å². The Hall–Kier alpha value is -6.85. The van der Waals surface area contributed by atoms with Gasteiger partial charge in [0.25, 0.3) is 0 Å². The summed E-state index contributed by atoms with van der Waals surface area (Å²) < 4.78 is 7.59. The molecule has 0 fully saturated rings. The fraction of sp³-hybridized carbons (Fsp3) is 0. The lowest BCUT2D eigenvalue weighted by atomic mass is 10.1. The highest BCUT2D eigenvalue weighted by atomic mass is 32.3. The molecular weight excluding hydrogens is 741 g/mol. The molecule has 12 aromatic rings. The number of hydrogen-bond acceptors (Lipinski definition) is 1. The van der Waals surface area contributed by atoms with Crippen LogP contribution in [-0.2, 0) is 0 Å². The smallest absolute Gasteiger partial charge is 0.0719 e. The highest BCUT2D eigenvalue weighted by Gasteiger charge is 2.36. The van der Waals surface area contributed by atoms with Crippen LogP contribution in [0.4, 0.5) is 0 Å². The van der Waals surface area contributed by atoms with Crippen molar-refractivity contribution in [3.8, 4) is 11.4 Å². The SMILES string of the molecule is c1ccc(-n2c3ccccc3c3c(S(c4ccccc4)(c4ccccc4)c4ccc(-n5c6ccccc6c6ccc7c8ccccc8sc7c65)cc4)cccc32)cc1. The van der Waals surface area contributed by atoms with Crippen LogP contribution in [0, 0.1) is 0 Å². The van der Waals surface area contributed by atoms with Gasteiger partial charge in [0, 0.05) is 68.0 Å². The van der Waals surface area contributed by atoms with E-state index in [1.165, 1.54) is 83.4 Å². The predicted molar refractivity (Wildman–Crippen MR) is 248 cm³/mol. The molecule has 12 rings (SSSR count). The van der Waals surface area contributed by atoms with E-state index in [1.807, 2.05) is 11.3 Å². The maximum Gasteiger partial charge on any atom is 0.0719 e. The lowest BCUT2D eigenvalue weighted by molar-refractivity contribution is 1.17. The second-order valence-electron chi connectivity index (χ2n) is 14.9. The van der Waals surface area contributed by atoms with E-state index >= 15 is 0 Å². The minimum atomic E-state index is -2.04. The lowest BCUT2D eigenvalue weighted by Crippen LogP contribution is -2.06. The third kappa shape index (κ3) is 4.73. The van der Waals surface area contributed by atoms with E-state index in [9.17, 15) is 0 Å². The van der Waals surface area contributed by atoms with Crippen LogP contribution in [0.25, 0.3) is 75.2 Å². The van der Waals surface area contributed by atoms with Crippen molar-refractivity contribution in [1.82, 2.24) is 9.13 Å². The highest BCUT2D eigenvalue weighted by molar-refractivity contribution is 8.34. The fourth-order valence-electron chi connectivity index (χ4n) is 9.43. The van der Waals surface area contributed by atoms with Crippen molar-refractivity contribution < 1.29 is 0 Å². The molecule has 274 valence electrons. The largest absolute Gasteiger partial charge is 0.309 e. The molecule has 0 aliphatic rings. The molecule has 2 nitrogen and oxygen atoms in total. The molecule has 3 aromatic heterocycles. The first-order valence-corrected chi connectivity index (χ1v) is 22.2. The van der Waals surface area contributed by atoms with Crippen molar-refractivity contribution in [2.45, 2.75) is 19.6 Å². The Balaban J connectivity index is 1.17. The number of rotatable bonds is 6. The van der Waals surface area contributed by atoms with Gasteiger partial charge in [0.1, 0.15) is 0 Å². The Morgan fingerprint density at radius 1 is 0.328 bits per heavy atom. The van der Waals surface area contributed by atoms with Crippen molar-refractivity contribution >= 4 is 85.1 Å². The zero-order valence-corrected chi connectivity index (χ0v) is 33.1. The van der Waals surface area contributed by atoms with E-state index < -0.39 is 10.0 Å². The van der Waals surface area contributed by atoms with Gasteiger partial charge in [0.2, 0.25) is 0 Å². The van der Waals surface area contributed by atoms with Crippen LogP contribution in [0.3, 0.4) is 0 Å². The highest BCUT2D eigenvalue weighted by Crippen LogP contribution is 2.75. The molecule has 0 bridgehead atoms. The van der Waals surface area contributed by atoms with Crippen molar-refractivity contribution in [2.75, 3.05) is 0 Å². The summed E-state index contributed by atoms with van der Waals surface area (Å²) >= 11 is 1.90. The minimum Gasteiger partial charge on any atom is -0.309 e. The molecule has 0 aliphatic heterocycles. The van der Waals surface area contributed by atoms with E-state index in [0.717, 1.165) is 11.4 Å². The maximum absolute atomic E-state index is 2.50. The minimum absolute atomic E-state index is 1.16. The monoisotopic (exact) mass is 776 g/mol. The summed E-state index contributed by atoms with van der Waals surface area (Å²) in [5, 5.41) is 7.74. The summed E-state index contributed by atoms with van der Waals surface area (Å²) in [6.07, 6.45) is 0. The summed E-state index contributed by atoms with van der Waals surface area (Å²) in [7, 11) is -2.04. The number of aromatic nitrogens is 2. The van der Waals surface area contributed by atoms with Crippen molar-refractivity contribution in [1.29, 1.82) is 0 Å². The number of nitrogens with zero attached hydrogens (tertiary/aromatic N) is 2. The van der Waals surface area contributed by atoms with Gasteiger partial charge in [-0.3, -0.25) is 0 Å². The molecule has 0 spiro atoms. The van der Waals surface area contributed by atoms with Crippen molar-refractivity contribution in [2.24, 2.45) is 0 Å². The second-order valence-corrected chi connectivity index (χ2v) is 19.0. The Labute approximate surface area is 341 Å². The zero-order valence-electron chi connectivity index (χ0n) is 31.5. The summed E-state index contributed by atoms with van der Waals surface area (Å²) in [5.41, 5.74) is 7.24. The van der Waals surface area contributed by atoms with Gasteiger partial charge in [-0.05, 0) is 91.0 Å². The first-order valence-electron chi connectivity index (χ1n) is 19.8. The topological polar surface area (TPSA) is 9.86 Å². The molecule has 0 amide bonds. The first kappa shape index (κ1) is 33.3. The maximum atomic E-state index is 2.50. The molecule has 0 saturated heterocycles. The fourth-order valence-corrected chi connectivity index (χ4v) is 14.7. The van der Waals surface area contributed by atoms with Crippen LogP contribution < -0.4 is 0 Å². The normalized spacial score (nSPS) is 12.4. The predicted octanol–water partition coefficient (Wildman–Crippen LogP) is 15.6. The standard InChI is InChI=1S/C54H36N2S2/c1-4-17-37(18-5-1)55-48-27-14-11-25-46(48)52-49(55)28-16-30-51(52)58(39-19-6-2-7-20-39,40-21-8-3-9-22-40)41-33-31-38(32-34-41)56-47-26-13-10-23-42(47)44-35-36-45-43-24-12-15-29-50(43)57-54(45)53(44)56/h1-36H. The summed E-state index contributed by atoms with van der Waals surface area (Å²) in [6, 6.07) is 81.1. The average Bonchev–Trinajstić information content (AvgIpc) is 3.96. The Morgan fingerprint density at radius 3 is 1.55 bits per heavy atom. The summed E-state index contributed by atoms with van der Waals surface area (Å²) in [5.74, 6) is 0. The zero-order chi connectivity index (χ0) is 38.2. The van der Waals surface area contributed by atoms with Crippen LogP contribution in [0.1, 0.15) is 0 Å². The molecule has 58 heavy (non-hydrogen) atoms. The van der Waals surface area contributed by atoms with Gasteiger partial charge in [-0.15, -0.1) is 21.4 Å². The molecule has 0 saturated carbocycles. The molecule has 0 atom stereocenters. The van der Waals surface area contributed by atoms with Crippen molar-refractivity contribution in [3.63, 3.8) is 0 Å². The number of fused-ring (bicyclic) bond motifs is 10. The van der Waals surface area contributed by atoms with Gasteiger partial charge in [-0.25, -0.2) is 0 Å². The van der Waals surface area contributed by atoms with E-state index in [2.05, 4.69) is 228 Å². The molecule has 0 unspecified atom stereocenters. The van der Waals surface area contributed by atoms with Gasteiger partial charge in [-0.2, -0.15) is 0 Å². The van der Waals surface area contributed by atoms with E-state index in [0.29, 0.717) is 0 Å². The summed E-state index contributed by atoms with van der Waals surface area (Å²) in [4.78, 5) is 5.25. The first-order chi connectivity index (χ1) is 28.8. The molecular formula is C54H36N2S2. The number of thiophene rings is 1. The lowest BCUT2D eigenvalue weighted by Gasteiger charge is -2.42. The van der Waals surface area contributed by atoms with Crippen molar-refractivity contribution in [3.05, 3.63) is 218 Å². The Kier molecular flexibility index (Phi) is 7.52. The summed E-state index contributed by atoms with van der Waals surface area (Å²) in [6.45, 7) is 0. The third-order valence-corrected chi connectivity index (χ3v) is 17.0. The van der Waals surface area contributed by atoms with Gasteiger partial charge in [0.05, 0.1) is 26.8 Å². The van der Waals surface area contributed by atoms with Gasteiger partial charge in [0.15, 0.2) is 0 Å². The van der Waals surface area contributed by atoms with Crippen LogP contribution in [0.2, 0.25) is 0 Å². The number of para-hydroxylation sites is 3. The van der Waals surface area contributed by atoms with Crippen LogP contribution in [0.15, 0.2) is 238 Å². The van der Waals surface area contributed by atoms with Gasteiger partial charge < -0.3 is 9.13 Å². The number of benzene rings is 9. The van der Waals surface area contributed by atoms with E-state index in [1.54, 1.807) is 0 Å². The third-order valence-electron chi connectivity index (χ3n) is 11.8. The molecule has 9 aromatic carbocycles. The number of hydrogen-bond donors (Lipinski definition) is 0.